The molecule has 0 amide bonds. The van der Waals surface area contributed by atoms with Crippen molar-refractivity contribution in [3.05, 3.63) is 63.2 Å². The van der Waals surface area contributed by atoms with Gasteiger partial charge in [0.15, 0.2) is 11.5 Å². The predicted octanol–water partition coefficient (Wildman–Crippen LogP) is 5.18. The maximum Gasteiger partial charge on any atom is 0.415 e. The van der Waals surface area contributed by atoms with E-state index in [4.69, 9.17) is 11.7 Å². The Morgan fingerprint density at radius 1 is 1.11 bits per heavy atom. The molecule has 2 fully saturated rings. The quantitative estimate of drug-likeness (QED) is 0.241. The Bertz CT molecular complexity index is 1550. The summed E-state index contributed by atoms with van der Waals surface area (Å²) < 4.78 is 41.0. The Labute approximate surface area is 257 Å². The van der Waals surface area contributed by atoms with Crippen LogP contribution in [0.2, 0.25) is 0 Å². The Balaban J connectivity index is 1.33. The second kappa shape index (κ2) is 13.4. The number of hydrogen-bond donors (Lipinski definition) is 1. The van der Waals surface area contributed by atoms with Gasteiger partial charge in [0.2, 0.25) is 0 Å². The summed E-state index contributed by atoms with van der Waals surface area (Å²) in [5.41, 5.74) is -0.316. The standard InChI is InChI=1S/C30H32F3N7O3S/c1-19-4-3-6-40(19)18-25-29(20-12-21(30(31,32)33)14-22(13-20)34-2)37-27(44-25)15-24(41)23-16-36-26(17-35-23)39-10-8-38(9-11-39)7-5-28(42)43/h12-14,16-17,19H,3-11,15,18H2,1H3,(H,42,43)/t19-/m1/s1. The zero-order valence-corrected chi connectivity index (χ0v) is 25.0. The number of nitrogens with zero attached hydrogens (tertiary/aromatic N) is 7. The normalized spacial score (nSPS) is 18.0. The van der Waals surface area contributed by atoms with Gasteiger partial charge in [-0.25, -0.2) is 19.8 Å². The number of rotatable bonds is 10. The number of carboxylic acid groups (broad SMARTS) is 1. The number of aromatic nitrogens is 3. The highest BCUT2D eigenvalue weighted by Crippen LogP contribution is 2.38. The van der Waals surface area contributed by atoms with Gasteiger partial charge in [-0.1, -0.05) is 0 Å². The third-order valence-corrected chi connectivity index (χ3v) is 9.04. The van der Waals surface area contributed by atoms with E-state index in [-0.39, 0.29) is 35.6 Å². The second-order valence-corrected chi connectivity index (χ2v) is 12.2. The summed E-state index contributed by atoms with van der Waals surface area (Å²) in [6, 6.07) is 3.58. The average Bonchev–Trinajstić information content (AvgIpc) is 3.60. The van der Waals surface area contributed by atoms with Crippen molar-refractivity contribution in [2.24, 2.45) is 0 Å². The van der Waals surface area contributed by atoms with E-state index >= 15 is 0 Å². The Morgan fingerprint density at radius 2 is 1.89 bits per heavy atom. The fraction of sp³-hybridized carbons (Fsp3) is 0.467. The molecule has 1 aromatic carbocycles. The minimum atomic E-state index is -4.62. The van der Waals surface area contributed by atoms with E-state index in [2.05, 4.69) is 36.5 Å². The summed E-state index contributed by atoms with van der Waals surface area (Å²) in [7, 11) is 0. The lowest BCUT2D eigenvalue weighted by Crippen LogP contribution is -2.47. The van der Waals surface area contributed by atoms with Crippen molar-refractivity contribution in [2.75, 3.05) is 44.2 Å². The fourth-order valence-electron chi connectivity index (χ4n) is 5.51. The van der Waals surface area contributed by atoms with Crippen LogP contribution in [0.1, 0.15) is 52.1 Å². The zero-order chi connectivity index (χ0) is 31.4. The molecule has 2 saturated heterocycles. The number of piperazine rings is 1. The van der Waals surface area contributed by atoms with Crippen LogP contribution in [0.15, 0.2) is 30.6 Å². The monoisotopic (exact) mass is 627 g/mol. The van der Waals surface area contributed by atoms with Crippen molar-refractivity contribution >= 4 is 34.6 Å². The van der Waals surface area contributed by atoms with E-state index in [1.165, 1.54) is 23.6 Å². The van der Waals surface area contributed by atoms with Crippen LogP contribution in [0.3, 0.4) is 0 Å². The van der Waals surface area contributed by atoms with Crippen molar-refractivity contribution in [1.29, 1.82) is 0 Å². The molecule has 0 saturated carbocycles. The Kier molecular flexibility index (Phi) is 9.57. The molecule has 3 aromatic rings. The van der Waals surface area contributed by atoms with Crippen molar-refractivity contribution in [3.8, 4) is 11.3 Å². The number of carbonyl (C=O) groups is 2. The molecule has 0 aliphatic carbocycles. The molecule has 5 rings (SSSR count). The molecule has 2 aliphatic rings. The van der Waals surface area contributed by atoms with Gasteiger partial charge in [-0.2, -0.15) is 13.2 Å². The number of carboxylic acids is 1. The second-order valence-electron chi connectivity index (χ2n) is 11.1. The van der Waals surface area contributed by atoms with E-state index < -0.39 is 17.7 Å². The number of ketones is 1. The first-order valence-electron chi connectivity index (χ1n) is 14.4. The highest BCUT2D eigenvalue weighted by Gasteiger charge is 2.32. The van der Waals surface area contributed by atoms with Gasteiger partial charge in [0, 0.05) is 55.8 Å². The minimum Gasteiger partial charge on any atom is -0.481 e. The Morgan fingerprint density at radius 3 is 2.50 bits per heavy atom. The van der Waals surface area contributed by atoms with Crippen LogP contribution >= 0.6 is 11.3 Å². The maximum absolute atomic E-state index is 13.7. The minimum absolute atomic E-state index is 0.0852. The van der Waals surface area contributed by atoms with Crippen LogP contribution in [0.5, 0.6) is 0 Å². The number of anilines is 1. The molecule has 232 valence electrons. The molecule has 2 aliphatic heterocycles. The molecule has 0 bridgehead atoms. The van der Waals surface area contributed by atoms with Crippen molar-refractivity contribution < 1.29 is 27.9 Å². The zero-order valence-electron chi connectivity index (χ0n) is 24.2. The van der Waals surface area contributed by atoms with Gasteiger partial charge in [0.25, 0.3) is 0 Å². The molecule has 0 radical (unpaired) electrons. The summed E-state index contributed by atoms with van der Waals surface area (Å²) in [4.78, 5) is 47.8. The number of carbonyl (C=O) groups excluding carboxylic acids is 1. The van der Waals surface area contributed by atoms with E-state index in [1.54, 1.807) is 6.20 Å². The molecular weight excluding hydrogens is 595 g/mol. The highest BCUT2D eigenvalue weighted by atomic mass is 32.1. The molecule has 14 heteroatoms. The number of Topliss-reactive ketones (excluding diaryl/α,β-unsaturated/α-hetero) is 1. The lowest BCUT2D eigenvalue weighted by atomic mass is 10.0. The first kappa shape index (κ1) is 31.5. The average molecular weight is 628 g/mol. The molecule has 1 N–H and O–H groups in total. The first-order chi connectivity index (χ1) is 21.0. The summed E-state index contributed by atoms with van der Waals surface area (Å²) >= 11 is 1.29. The largest absolute Gasteiger partial charge is 0.481 e. The van der Waals surface area contributed by atoms with Crippen molar-refractivity contribution in [1.82, 2.24) is 24.8 Å². The lowest BCUT2D eigenvalue weighted by Gasteiger charge is -2.34. The van der Waals surface area contributed by atoms with Crippen molar-refractivity contribution in [3.63, 3.8) is 0 Å². The summed E-state index contributed by atoms with van der Waals surface area (Å²) in [5.74, 6) is -0.511. The summed E-state index contributed by atoms with van der Waals surface area (Å²) in [6.07, 6.45) is 0.413. The van der Waals surface area contributed by atoms with Crippen LogP contribution in [0.4, 0.5) is 24.7 Å². The van der Waals surface area contributed by atoms with Crippen LogP contribution in [-0.4, -0.2) is 86.9 Å². The van der Waals surface area contributed by atoms with Gasteiger partial charge in [-0.15, -0.1) is 11.3 Å². The van der Waals surface area contributed by atoms with E-state index in [1.807, 2.05) is 4.90 Å². The van der Waals surface area contributed by atoms with Crippen LogP contribution < -0.4 is 4.90 Å². The number of benzene rings is 1. The molecule has 0 unspecified atom stereocenters. The van der Waals surface area contributed by atoms with Gasteiger partial charge in [0.1, 0.15) is 16.5 Å². The number of thiazole rings is 1. The van der Waals surface area contributed by atoms with Gasteiger partial charge < -0.3 is 10.0 Å². The molecular formula is C30H32F3N7O3S. The number of likely N-dealkylation sites (tertiary alicyclic amines) is 1. The predicted molar refractivity (Wildman–Crippen MR) is 159 cm³/mol. The van der Waals surface area contributed by atoms with Gasteiger partial charge in [-0.3, -0.25) is 19.4 Å². The van der Waals surface area contributed by atoms with E-state index in [9.17, 15) is 22.8 Å². The molecule has 10 nitrogen and oxygen atoms in total. The van der Waals surface area contributed by atoms with Crippen molar-refractivity contribution in [2.45, 2.75) is 51.4 Å². The van der Waals surface area contributed by atoms with Gasteiger partial charge in [-0.05, 0) is 50.1 Å². The SMILES string of the molecule is [C-]#[N+]c1cc(-c2nc(CC(=O)c3cnc(N4CCN(CCC(=O)O)CC4)cn3)sc2CN2CCC[C@H]2C)cc(C(F)(F)F)c1. The molecule has 1 atom stereocenters. The third-order valence-electron chi connectivity index (χ3n) is 8.00. The molecule has 0 spiro atoms. The molecule has 4 heterocycles. The van der Waals surface area contributed by atoms with Crippen LogP contribution in [0.25, 0.3) is 16.1 Å². The lowest BCUT2D eigenvalue weighted by molar-refractivity contribution is -0.138. The van der Waals surface area contributed by atoms with Gasteiger partial charge in [0.05, 0.1) is 37.5 Å². The molecule has 2 aromatic heterocycles. The number of alkyl halides is 3. The van der Waals surface area contributed by atoms with E-state index in [0.29, 0.717) is 61.8 Å². The van der Waals surface area contributed by atoms with Gasteiger partial charge >= 0.3 is 12.1 Å². The number of aliphatic carboxylic acids is 1. The maximum atomic E-state index is 13.7. The van der Waals surface area contributed by atoms with Crippen LogP contribution in [-0.2, 0) is 23.9 Å². The Hall–Kier alpha value is -3.93. The van der Waals surface area contributed by atoms with E-state index in [0.717, 1.165) is 36.4 Å². The number of hydrogen-bond acceptors (Lipinski definition) is 9. The number of halogens is 3. The summed E-state index contributed by atoms with van der Waals surface area (Å²) in [5, 5.41) is 9.35. The van der Waals surface area contributed by atoms with Crippen LogP contribution in [0, 0.1) is 6.57 Å². The smallest absolute Gasteiger partial charge is 0.415 e. The topological polar surface area (TPSA) is 107 Å². The fourth-order valence-corrected chi connectivity index (χ4v) is 6.62. The first-order valence-corrected chi connectivity index (χ1v) is 15.2. The summed E-state index contributed by atoms with van der Waals surface area (Å²) in [6.45, 7) is 14.0. The highest BCUT2D eigenvalue weighted by molar-refractivity contribution is 7.12. The molecule has 44 heavy (non-hydrogen) atoms. The third kappa shape index (κ3) is 7.58.